The number of carbonyl (C=O) groups is 2. The number of nitrogens with zero attached hydrogens (tertiary/aromatic N) is 2. The summed E-state index contributed by atoms with van der Waals surface area (Å²) >= 11 is 0. The molecule has 1 aliphatic carbocycles. The van der Waals surface area contributed by atoms with Crippen molar-refractivity contribution < 1.29 is 14.0 Å². The van der Waals surface area contributed by atoms with Gasteiger partial charge in [-0.3, -0.25) is 19.5 Å². The average Bonchev–Trinajstić information content (AvgIpc) is 2.84. The van der Waals surface area contributed by atoms with E-state index in [0.717, 1.165) is 31.2 Å². The highest BCUT2D eigenvalue weighted by atomic mass is 19.1. The molecule has 1 aliphatic rings. The molecule has 1 unspecified atom stereocenters. The van der Waals surface area contributed by atoms with Crippen molar-refractivity contribution in [1.29, 1.82) is 0 Å². The Morgan fingerprint density at radius 3 is 2.57 bits per heavy atom. The van der Waals surface area contributed by atoms with Crippen LogP contribution in [0.15, 0.2) is 77.4 Å². The van der Waals surface area contributed by atoms with Crippen LogP contribution in [0.3, 0.4) is 0 Å². The van der Waals surface area contributed by atoms with Crippen LogP contribution in [0.5, 0.6) is 0 Å². The number of hydrogen-bond acceptors (Lipinski definition) is 3. The van der Waals surface area contributed by atoms with E-state index in [1.807, 2.05) is 44.2 Å². The first-order valence-corrected chi connectivity index (χ1v) is 12.2. The fraction of sp³-hybridized carbons (Fsp3) is 0.345. The first-order chi connectivity index (χ1) is 16.9. The summed E-state index contributed by atoms with van der Waals surface area (Å²) in [6.07, 6.45) is 10.2. The third kappa shape index (κ3) is 6.98. The molecule has 2 aromatic carbocycles. The summed E-state index contributed by atoms with van der Waals surface area (Å²) in [5, 5.41) is 3.18. The van der Waals surface area contributed by atoms with E-state index in [4.69, 9.17) is 0 Å². The molecule has 2 aromatic rings. The molecule has 0 aliphatic heterocycles. The van der Waals surface area contributed by atoms with Gasteiger partial charge in [-0.15, -0.1) is 0 Å². The molecule has 0 radical (unpaired) electrons. The third-order valence-corrected chi connectivity index (χ3v) is 6.29. The van der Waals surface area contributed by atoms with Gasteiger partial charge in [0, 0.05) is 17.9 Å². The van der Waals surface area contributed by atoms with E-state index >= 15 is 0 Å². The number of amides is 2. The number of benzene rings is 2. The van der Waals surface area contributed by atoms with Gasteiger partial charge in [0.2, 0.25) is 11.8 Å². The van der Waals surface area contributed by atoms with Crippen LogP contribution in [-0.4, -0.2) is 24.6 Å². The second-order valence-electron chi connectivity index (χ2n) is 8.91. The molecular weight excluding hydrogens is 441 g/mol. The molecule has 0 heterocycles. The van der Waals surface area contributed by atoms with Gasteiger partial charge in [-0.1, -0.05) is 61.7 Å². The van der Waals surface area contributed by atoms with Crippen molar-refractivity contribution >= 4 is 24.2 Å². The molecule has 1 atom stereocenters. The van der Waals surface area contributed by atoms with Crippen molar-refractivity contribution in [3.8, 4) is 0 Å². The Morgan fingerprint density at radius 1 is 1.17 bits per heavy atom. The Bertz CT molecular complexity index is 1100. The highest BCUT2D eigenvalue weighted by Crippen LogP contribution is 2.32. The number of rotatable bonds is 9. The Balaban J connectivity index is 2.10. The van der Waals surface area contributed by atoms with Crippen LogP contribution in [0.4, 0.5) is 10.1 Å². The SMILES string of the molecule is C=NC=C(C=CC)CC(=O)N(c1cccc(F)c1)C(C(=O)NC1CCCCC1)c1ccccc1C. The number of hydrogen-bond donors (Lipinski definition) is 1. The summed E-state index contributed by atoms with van der Waals surface area (Å²) in [5.41, 5.74) is 2.55. The van der Waals surface area contributed by atoms with Gasteiger partial charge in [0.25, 0.3) is 0 Å². The van der Waals surface area contributed by atoms with Crippen molar-refractivity contribution in [2.45, 2.75) is 64.5 Å². The highest BCUT2D eigenvalue weighted by Gasteiger charge is 2.35. The predicted molar refractivity (Wildman–Crippen MR) is 140 cm³/mol. The first kappa shape index (κ1) is 26.1. The predicted octanol–water partition coefficient (Wildman–Crippen LogP) is 6.21. The van der Waals surface area contributed by atoms with Crippen molar-refractivity contribution in [2.24, 2.45) is 4.99 Å². The summed E-state index contributed by atoms with van der Waals surface area (Å²) in [6.45, 7) is 7.25. The normalized spacial score (nSPS) is 15.6. The second kappa shape index (κ2) is 12.8. The molecule has 1 fully saturated rings. The van der Waals surface area contributed by atoms with Gasteiger partial charge < -0.3 is 5.32 Å². The fourth-order valence-electron chi connectivity index (χ4n) is 4.62. The van der Waals surface area contributed by atoms with E-state index < -0.39 is 11.9 Å². The van der Waals surface area contributed by atoms with E-state index in [2.05, 4.69) is 17.0 Å². The van der Waals surface area contributed by atoms with Gasteiger partial charge in [-0.2, -0.15) is 0 Å². The number of anilines is 1. The zero-order chi connectivity index (χ0) is 25.2. The molecule has 0 saturated heterocycles. The van der Waals surface area contributed by atoms with Crippen LogP contribution in [0, 0.1) is 12.7 Å². The van der Waals surface area contributed by atoms with E-state index in [9.17, 15) is 14.0 Å². The molecule has 2 amide bonds. The van der Waals surface area contributed by atoms with Crippen LogP contribution >= 0.6 is 0 Å². The largest absolute Gasteiger partial charge is 0.351 e. The van der Waals surface area contributed by atoms with Gasteiger partial charge in [-0.05, 0) is 68.3 Å². The summed E-state index contributed by atoms with van der Waals surface area (Å²) < 4.78 is 14.3. The molecule has 0 aromatic heterocycles. The Labute approximate surface area is 207 Å². The molecule has 5 nitrogen and oxygen atoms in total. The Hall–Kier alpha value is -3.54. The zero-order valence-corrected chi connectivity index (χ0v) is 20.5. The molecule has 0 bridgehead atoms. The lowest BCUT2D eigenvalue weighted by atomic mass is 9.93. The minimum atomic E-state index is -0.948. The standard InChI is InChI=1S/C29H34FN3O2/c1-4-11-22(20-31-3)18-27(34)33(25-16-10-13-23(30)19-25)28(26-17-9-8-12-21(26)2)29(35)32-24-14-6-5-7-15-24/h4,8-13,16-17,19-20,24,28H,3,5-7,14-15,18H2,1-2H3,(H,32,35). The van der Waals surface area contributed by atoms with Crippen LogP contribution in [0.25, 0.3) is 0 Å². The van der Waals surface area contributed by atoms with Crippen molar-refractivity contribution in [3.63, 3.8) is 0 Å². The van der Waals surface area contributed by atoms with E-state index in [-0.39, 0.29) is 24.3 Å². The minimum absolute atomic E-state index is 0.0149. The molecule has 0 spiro atoms. The lowest BCUT2D eigenvalue weighted by Crippen LogP contribution is -2.47. The molecule has 35 heavy (non-hydrogen) atoms. The summed E-state index contributed by atoms with van der Waals surface area (Å²) in [5.74, 6) is -1.08. The van der Waals surface area contributed by atoms with Gasteiger partial charge in [-0.25, -0.2) is 4.39 Å². The molecule has 1 saturated carbocycles. The summed E-state index contributed by atoms with van der Waals surface area (Å²) in [7, 11) is 0. The maximum absolute atomic E-state index is 14.3. The number of halogens is 1. The number of aliphatic imine (C=N–C) groups is 1. The molecule has 3 rings (SSSR count). The maximum Gasteiger partial charge on any atom is 0.248 e. The number of nitrogens with one attached hydrogen (secondary N) is 1. The van der Waals surface area contributed by atoms with Gasteiger partial charge in [0.15, 0.2) is 0 Å². The zero-order valence-electron chi connectivity index (χ0n) is 20.5. The molecular formula is C29H34FN3O2. The quantitative estimate of drug-likeness (QED) is 0.346. The number of allylic oxidation sites excluding steroid dienone is 2. The topological polar surface area (TPSA) is 61.8 Å². The highest BCUT2D eigenvalue weighted by molar-refractivity contribution is 6.02. The fourth-order valence-corrected chi connectivity index (χ4v) is 4.62. The van der Waals surface area contributed by atoms with Gasteiger partial charge >= 0.3 is 0 Å². The van der Waals surface area contributed by atoms with E-state index in [1.54, 1.807) is 18.2 Å². The van der Waals surface area contributed by atoms with Crippen molar-refractivity contribution in [3.05, 3.63) is 89.4 Å². The third-order valence-electron chi connectivity index (χ3n) is 6.29. The average molecular weight is 476 g/mol. The molecule has 1 N–H and O–H groups in total. The minimum Gasteiger partial charge on any atom is -0.351 e. The second-order valence-corrected chi connectivity index (χ2v) is 8.91. The summed E-state index contributed by atoms with van der Waals surface area (Å²) in [6, 6.07) is 12.5. The van der Waals surface area contributed by atoms with Crippen LogP contribution in [-0.2, 0) is 9.59 Å². The van der Waals surface area contributed by atoms with Crippen LogP contribution in [0.2, 0.25) is 0 Å². The lowest BCUT2D eigenvalue weighted by molar-refractivity contribution is -0.127. The number of carbonyl (C=O) groups excluding carboxylic acids is 2. The van der Waals surface area contributed by atoms with Gasteiger partial charge in [0.05, 0.1) is 6.42 Å². The van der Waals surface area contributed by atoms with Gasteiger partial charge in [0.1, 0.15) is 11.9 Å². The summed E-state index contributed by atoms with van der Waals surface area (Å²) in [4.78, 5) is 32.9. The first-order valence-electron chi connectivity index (χ1n) is 12.2. The van der Waals surface area contributed by atoms with Crippen molar-refractivity contribution in [2.75, 3.05) is 4.90 Å². The Kier molecular flexibility index (Phi) is 9.53. The maximum atomic E-state index is 14.3. The number of aryl methyl sites for hydroxylation is 1. The molecule has 6 heteroatoms. The lowest BCUT2D eigenvalue weighted by Gasteiger charge is -2.34. The van der Waals surface area contributed by atoms with Crippen LogP contribution in [0.1, 0.15) is 62.6 Å². The Morgan fingerprint density at radius 2 is 1.91 bits per heavy atom. The van der Waals surface area contributed by atoms with E-state index in [0.29, 0.717) is 16.8 Å². The van der Waals surface area contributed by atoms with Crippen molar-refractivity contribution in [1.82, 2.24) is 5.32 Å². The van der Waals surface area contributed by atoms with E-state index in [1.165, 1.54) is 29.7 Å². The smallest absolute Gasteiger partial charge is 0.248 e. The molecule has 184 valence electrons. The monoisotopic (exact) mass is 475 g/mol. The van der Waals surface area contributed by atoms with Crippen LogP contribution < -0.4 is 10.2 Å².